The van der Waals surface area contributed by atoms with E-state index in [-0.39, 0.29) is 18.1 Å². The summed E-state index contributed by atoms with van der Waals surface area (Å²) in [5.41, 5.74) is 5.05. The van der Waals surface area contributed by atoms with Crippen LogP contribution < -0.4 is 5.32 Å². The number of carbonyl (C=O) groups is 1. The number of nitrogens with one attached hydrogen (secondary N) is 1. The second kappa shape index (κ2) is 6.95. The monoisotopic (exact) mass is 375 g/mol. The van der Waals surface area contributed by atoms with Crippen LogP contribution in [0.3, 0.4) is 0 Å². The number of hydrogen-bond donors (Lipinski definition) is 1. The molecule has 2 aromatic rings. The fourth-order valence-electron chi connectivity index (χ4n) is 6.29. The molecule has 2 saturated carbocycles. The van der Waals surface area contributed by atoms with Crippen LogP contribution in [0.5, 0.6) is 0 Å². The lowest BCUT2D eigenvalue weighted by atomic mass is 9.77. The van der Waals surface area contributed by atoms with Crippen molar-refractivity contribution in [2.45, 2.75) is 45.1 Å². The van der Waals surface area contributed by atoms with Gasteiger partial charge in [-0.25, -0.2) is 4.79 Å². The third-order valence-corrected chi connectivity index (χ3v) is 7.38. The Morgan fingerprint density at radius 2 is 1.61 bits per heavy atom. The minimum atomic E-state index is -0.245. The second-order valence-corrected chi connectivity index (χ2v) is 9.15. The zero-order valence-corrected chi connectivity index (χ0v) is 16.7. The maximum atomic E-state index is 12.7. The number of benzene rings is 2. The van der Waals surface area contributed by atoms with E-state index in [0.29, 0.717) is 24.4 Å². The van der Waals surface area contributed by atoms with Gasteiger partial charge in [0, 0.05) is 12.0 Å². The molecule has 0 aliphatic heterocycles. The first-order valence-electron chi connectivity index (χ1n) is 10.7. The van der Waals surface area contributed by atoms with Gasteiger partial charge in [-0.3, -0.25) is 0 Å². The largest absolute Gasteiger partial charge is 0.449 e. The summed E-state index contributed by atoms with van der Waals surface area (Å²) >= 11 is 0. The molecule has 146 valence electrons. The van der Waals surface area contributed by atoms with Gasteiger partial charge in [0.05, 0.1) is 0 Å². The SMILES string of the molecule is CC(C)C1[C@H]2CC[C@H](C2)[C@H]1NC(=O)OCC1c2ccccc2-c2ccccc21. The summed E-state index contributed by atoms with van der Waals surface area (Å²) in [5.74, 6) is 2.74. The Labute approximate surface area is 167 Å². The fourth-order valence-corrected chi connectivity index (χ4v) is 6.29. The highest BCUT2D eigenvalue weighted by atomic mass is 16.5. The van der Waals surface area contributed by atoms with Crippen LogP contribution in [0, 0.1) is 23.7 Å². The van der Waals surface area contributed by atoms with Gasteiger partial charge in [0.25, 0.3) is 0 Å². The molecule has 5 rings (SSSR count). The van der Waals surface area contributed by atoms with Crippen LogP contribution in [0.4, 0.5) is 4.79 Å². The molecule has 3 heteroatoms. The molecule has 3 aliphatic carbocycles. The Morgan fingerprint density at radius 3 is 2.25 bits per heavy atom. The zero-order chi connectivity index (χ0) is 19.3. The number of amides is 1. The summed E-state index contributed by atoms with van der Waals surface area (Å²) < 4.78 is 5.79. The van der Waals surface area contributed by atoms with Gasteiger partial charge in [0.15, 0.2) is 0 Å². The normalized spacial score (nSPS) is 27.7. The van der Waals surface area contributed by atoms with Gasteiger partial charge in [0.2, 0.25) is 0 Å². The van der Waals surface area contributed by atoms with E-state index < -0.39 is 0 Å². The Bertz CT molecular complexity index is 844. The molecule has 2 bridgehead atoms. The highest BCUT2D eigenvalue weighted by Crippen LogP contribution is 2.51. The highest BCUT2D eigenvalue weighted by Gasteiger charge is 2.49. The van der Waals surface area contributed by atoms with Gasteiger partial charge < -0.3 is 10.1 Å². The Morgan fingerprint density at radius 1 is 1.00 bits per heavy atom. The van der Waals surface area contributed by atoms with E-state index in [0.717, 1.165) is 5.92 Å². The van der Waals surface area contributed by atoms with Gasteiger partial charge in [0.1, 0.15) is 6.61 Å². The Kier molecular flexibility index (Phi) is 4.41. The van der Waals surface area contributed by atoms with Crippen LogP contribution in [0.15, 0.2) is 48.5 Å². The van der Waals surface area contributed by atoms with Crippen LogP contribution in [0.2, 0.25) is 0 Å². The minimum absolute atomic E-state index is 0.124. The van der Waals surface area contributed by atoms with E-state index in [9.17, 15) is 4.79 Å². The molecule has 0 saturated heterocycles. The molecular weight excluding hydrogens is 346 g/mol. The number of hydrogen-bond acceptors (Lipinski definition) is 2. The predicted octanol–water partition coefficient (Wildman–Crippen LogP) is 5.60. The molecular formula is C25H29NO2. The van der Waals surface area contributed by atoms with E-state index in [4.69, 9.17) is 4.74 Å². The molecule has 1 amide bonds. The van der Waals surface area contributed by atoms with E-state index in [2.05, 4.69) is 67.7 Å². The fraction of sp³-hybridized carbons (Fsp3) is 0.480. The molecule has 2 fully saturated rings. The number of rotatable bonds is 4. The van der Waals surface area contributed by atoms with Crippen LogP contribution in [-0.4, -0.2) is 18.7 Å². The summed E-state index contributed by atoms with van der Waals surface area (Å²) in [6.07, 6.45) is 3.61. The van der Waals surface area contributed by atoms with Crippen molar-refractivity contribution in [1.29, 1.82) is 0 Å². The zero-order valence-electron chi connectivity index (χ0n) is 16.7. The van der Waals surface area contributed by atoms with Crippen molar-refractivity contribution in [2.24, 2.45) is 23.7 Å². The molecule has 3 nitrogen and oxygen atoms in total. The lowest BCUT2D eigenvalue weighted by molar-refractivity contribution is 0.121. The standard InChI is InChI=1S/C25H29NO2/c1-15(2)23-16-11-12-17(13-16)24(23)26-25(27)28-14-22-20-9-5-3-7-18(20)19-8-4-6-10-21(19)22/h3-10,15-17,22-24H,11-14H2,1-2H3,(H,26,27)/t16-,17+,23?,24+/m0/s1. The maximum absolute atomic E-state index is 12.7. The van der Waals surface area contributed by atoms with Crippen molar-refractivity contribution in [3.8, 4) is 11.1 Å². The Hall–Kier alpha value is -2.29. The molecule has 3 aliphatic rings. The lowest BCUT2D eigenvalue weighted by Crippen LogP contribution is -2.46. The molecule has 2 aromatic carbocycles. The topological polar surface area (TPSA) is 38.3 Å². The number of carbonyl (C=O) groups excluding carboxylic acids is 1. The van der Waals surface area contributed by atoms with Gasteiger partial charge in [-0.2, -0.15) is 0 Å². The van der Waals surface area contributed by atoms with E-state index >= 15 is 0 Å². The molecule has 28 heavy (non-hydrogen) atoms. The van der Waals surface area contributed by atoms with Crippen molar-refractivity contribution in [1.82, 2.24) is 5.32 Å². The molecule has 0 heterocycles. The van der Waals surface area contributed by atoms with Crippen LogP contribution >= 0.6 is 0 Å². The van der Waals surface area contributed by atoms with Crippen LogP contribution in [0.1, 0.15) is 50.2 Å². The first kappa shape index (κ1) is 17.8. The van der Waals surface area contributed by atoms with Crippen molar-refractivity contribution in [2.75, 3.05) is 6.61 Å². The van der Waals surface area contributed by atoms with Gasteiger partial charge in [-0.1, -0.05) is 62.4 Å². The predicted molar refractivity (Wildman–Crippen MR) is 111 cm³/mol. The molecule has 1 N–H and O–H groups in total. The number of alkyl carbamates (subject to hydrolysis) is 1. The average molecular weight is 376 g/mol. The maximum Gasteiger partial charge on any atom is 0.407 e. The lowest BCUT2D eigenvalue weighted by Gasteiger charge is -2.34. The van der Waals surface area contributed by atoms with Gasteiger partial charge in [-0.05, 0) is 65.2 Å². The molecule has 0 radical (unpaired) electrons. The van der Waals surface area contributed by atoms with Crippen LogP contribution in [-0.2, 0) is 4.74 Å². The third kappa shape index (κ3) is 2.83. The molecule has 4 atom stereocenters. The first-order valence-corrected chi connectivity index (χ1v) is 10.7. The Balaban J connectivity index is 1.29. The van der Waals surface area contributed by atoms with Crippen molar-refractivity contribution < 1.29 is 9.53 Å². The minimum Gasteiger partial charge on any atom is -0.449 e. The number of fused-ring (bicyclic) bond motifs is 5. The summed E-state index contributed by atoms with van der Waals surface area (Å²) in [6, 6.07) is 17.2. The summed E-state index contributed by atoms with van der Waals surface area (Å²) in [5, 5.41) is 3.25. The molecule has 0 aromatic heterocycles. The first-order chi connectivity index (χ1) is 13.6. The highest BCUT2D eigenvalue weighted by molar-refractivity contribution is 5.79. The second-order valence-electron chi connectivity index (χ2n) is 9.15. The third-order valence-electron chi connectivity index (χ3n) is 7.38. The summed E-state index contributed by atoms with van der Waals surface area (Å²) in [7, 11) is 0. The van der Waals surface area contributed by atoms with Gasteiger partial charge >= 0.3 is 6.09 Å². The molecule has 1 unspecified atom stereocenters. The van der Waals surface area contributed by atoms with E-state index in [1.807, 2.05) is 0 Å². The van der Waals surface area contributed by atoms with Crippen LogP contribution in [0.25, 0.3) is 11.1 Å². The molecule has 0 spiro atoms. The summed E-state index contributed by atoms with van der Waals surface area (Å²) in [6.45, 7) is 4.97. The summed E-state index contributed by atoms with van der Waals surface area (Å²) in [4.78, 5) is 12.7. The van der Waals surface area contributed by atoms with Crippen molar-refractivity contribution in [3.63, 3.8) is 0 Å². The quantitative estimate of drug-likeness (QED) is 0.756. The van der Waals surface area contributed by atoms with E-state index in [1.54, 1.807) is 0 Å². The van der Waals surface area contributed by atoms with Gasteiger partial charge in [-0.15, -0.1) is 0 Å². The van der Waals surface area contributed by atoms with Crippen molar-refractivity contribution in [3.05, 3.63) is 59.7 Å². The number of ether oxygens (including phenoxy) is 1. The van der Waals surface area contributed by atoms with Crippen molar-refractivity contribution >= 4 is 6.09 Å². The smallest absolute Gasteiger partial charge is 0.407 e. The average Bonchev–Trinajstić information content (AvgIpc) is 3.38. The van der Waals surface area contributed by atoms with E-state index in [1.165, 1.54) is 41.5 Å².